The summed E-state index contributed by atoms with van der Waals surface area (Å²) in [6.45, 7) is 9.76. The Kier molecular flexibility index (Phi) is 9.05. The van der Waals surface area contributed by atoms with Crippen molar-refractivity contribution in [2.24, 2.45) is 4.99 Å². The summed E-state index contributed by atoms with van der Waals surface area (Å²) >= 11 is 0. The van der Waals surface area contributed by atoms with Crippen LogP contribution >= 0.6 is 0 Å². The van der Waals surface area contributed by atoms with Gasteiger partial charge in [0.2, 0.25) is 0 Å². The molecule has 3 N–H and O–H groups in total. The minimum absolute atomic E-state index is 0. The number of hydrogen-bond acceptors (Lipinski definition) is 4. The Morgan fingerprint density at radius 2 is 1.97 bits per heavy atom. The molecule has 2 heterocycles. The van der Waals surface area contributed by atoms with Crippen LogP contribution in [-0.4, -0.2) is 36.4 Å². The maximum Gasteiger partial charge on any atom is 0.257 e. The second-order valence-electron chi connectivity index (χ2n) is 5.56. The summed E-state index contributed by atoms with van der Waals surface area (Å²) in [5.74, 6) is -1.01. The van der Waals surface area contributed by atoms with Gasteiger partial charge in [-0.05, 0) is 13.0 Å². The Morgan fingerprint density at radius 1 is 1.31 bits per heavy atom. The summed E-state index contributed by atoms with van der Waals surface area (Å²) < 4.78 is 15.6. The lowest BCUT2D eigenvalue weighted by molar-refractivity contribution is 0.102. The van der Waals surface area contributed by atoms with Gasteiger partial charge in [-0.15, -0.1) is 0 Å². The monoisotopic (exact) mass is 397 g/mol. The number of nitrogens with zero attached hydrogens (tertiary/aromatic N) is 3. The molecule has 0 atom stereocenters. The summed E-state index contributed by atoms with van der Waals surface area (Å²) in [5.41, 5.74) is 8.52. The van der Waals surface area contributed by atoms with E-state index in [4.69, 9.17) is 13.6 Å². The normalized spacial score (nSPS) is 10.2. The summed E-state index contributed by atoms with van der Waals surface area (Å²) in [6, 6.07) is 4.30. The third-order valence-electron chi connectivity index (χ3n) is 3.71. The molecule has 154 valence electrons. The number of rotatable bonds is 3. The van der Waals surface area contributed by atoms with E-state index in [0.29, 0.717) is 16.7 Å². The van der Waals surface area contributed by atoms with Gasteiger partial charge in [-0.25, -0.2) is 9.37 Å². The molecule has 6 nitrogen and oxygen atoms in total. The fraction of sp³-hybridized carbons (Fsp3) is 0.286. The molecular weight excluding hydrogens is 368 g/mol. The van der Waals surface area contributed by atoms with Gasteiger partial charge < -0.3 is 15.5 Å². The zero-order chi connectivity index (χ0) is 22.1. The van der Waals surface area contributed by atoms with Crippen LogP contribution in [-0.2, 0) is 0 Å². The van der Waals surface area contributed by atoms with E-state index >= 15 is 0 Å². The Morgan fingerprint density at radius 3 is 2.59 bits per heavy atom. The molecule has 0 spiro atoms. The molecule has 3 rings (SSSR count). The van der Waals surface area contributed by atoms with E-state index in [0.717, 1.165) is 0 Å². The number of aromatic nitrogens is 2. The molecule has 0 aliphatic rings. The maximum absolute atomic E-state index is 14.1. The minimum Gasteiger partial charge on any atom is -0.398 e. The van der Waals surface area contributed by atoms with Crippen LogP contribution in [0.5, 0.6) is 0 Å². The van der Waals surface area contributed by atoms with Crippen molar-refractivity contribution in [1.29, 1.82) is 0 Å². The van der Waals surface area contributed by atoms with E-state index in [1.807, 2.05) is 27.7 Å². The number of nitrogen functional groups attached to an aromatic ring is 1. The number of pyridine rings is 1. The predicted octanol–water partition coefficient (Wildman–Crippen LogP) is 3.76. The number of imidazole rings is 1. The quantitative estimate of drug-likeness (QED) is 0.401. The number of halogens is 1. The topological polar surface area (TPSA) is 84.8 Å². The number of amides is 1. The van der Waals surface area contributed by atoms with Gasteiger partial charge >= 0.3 is 0 Å². The van der Waals surface area contributed by atoms with E-state index in [-0.39, 0.29) is 24.0 Å². The van der Waals surface area contributed by atoms with Crippen molar-refractivity contribution in [1.82, 2.24) is 9.38 Å². The third-order valence-corrected chi connectivity index (χ3v) is 3.71. The number of anilines is 2. The average molecular weight is 397 g/mol. The van der Waals surface area contributed by atoms with Crippen LogP contribution in [0, 0.1) is 12.7 Å². The average Bonchev–Trinajstić information content (AvgIpc) is 3.09. The molecule has 0 unspecified atom stereocenters. The molecule has 2 aromatic heterocycles. The molecule has 1 aromatic carbocycles. The Bertz CT molecular complexity index is 1020. The highest BCUT2D eigenvalue weighted by molar-refractivity contribution is 6.37. The Hall–Kier alpha value is -3.16. The summed E-state index contributed by atoms with van der Waals surface area (Å²) in [5, 5.41) is 2.64. The highest BCUT2D eigenvalue weighted by Gasteiger charge is 2.15. The van der Waals surface area contributed by atoms with E-state index < -0.39 is 11.7 Å². The molecule has 0 saturated heterocycles. The van der Waals surface area contributed by atoms with Crippen molar-refractivity contribution in [3.05, 3.63) is 53.2 Å². The molecule has 29 heavy (non-hydrogen) atoms. The maximum atomic E-state index is 14.1. The number of hydrogen-bond donors (Lipinski definition) is 2. The molecule has 0 aliphatic heterocycles. The number of carbonyl (C=O) groups excluding carboxylic acids is 1. The summed E-state index contributed by atoms with van der Waals surface area (Å²) in [4.78, 5) is 20.5. The molecule has 0 aliphatic carbocycles. The molecular formula is C21H29BFN5O. The molecule has 3 aromatic rings. The van der Waals surface area contributed by atoms with Crippen molar-refractivity contribution in [2.75, 3.05) is 18.1 Å². The first-order valence-corrected chi connectivity index (χ1v) is 9.47. The van der Waals surface area contributed by atoms with Gasteiger partial charge in [0, 0.05) is 38.7 Å². The van der Waals surface area contributed by atoms with Gasteiger partial charge in [-0.3, -0.25) is 9.79 Å². The van der Waals surface area contributed by atoms with Gasteiger partial charge in [0.1, 0.15) is 7.85 Å². The first kappa shape index (κ1) is 23.9. The van der Waals surface area contributed by atoms with Gasteiger partial charge in [0.05, 0.1) is 22.6 Å². The number of benzene rings is 1. The molecule has 0 bridgehead atoms. The standard InChI is InChI=1S/C17H15BFN5O.2C2H6.H2/c1-9-7-24-8-10(5-14(19)16(24)22-9)23-17(25)11-3-4-13(18)12(6-21-2)15(11)20;2*1-2;/h3-8H,20H2,1-2H3,(H,23,25);2*1-2H3;1H. The molecule has 8 heteroatoms. The van der Waals surface area contributed by atoms with E-state index in [1.165, 1.54) is 22.7 Å². The molecule has 0 fully saturated rings. The SMILES string of the molecule is CC.CC.[B]c1ccc(C(=O)Nc2cc(F)c3nc(C)cn3c2)c(N)c1C=NC.[HH]. The van der Waals surface area contributed by atoms with Crippen molar-refractivity contribution in [3.63, 3.8) is 0 Å². The highest BCUT2D eigenvalue weighted by Crippen LogP contribution is 2.19. The summed E-state index contributed by atoms with van der Waals surface area (Å²) in [6.07, 6.45) is 4.74. The van der Waals surface area contributed by atoms with Gasteiger partial charge in [0.15, 0.2) is 11.5 Å². The first-order valence-electron chi connectivity index (χ1n) is 9.47. The number of fused-ring (bicyclic) bond motifs is 1. The van der Waals surface area contributed by atoms with Crippen molar-refractivity contribution in [3.8, 4) is 0 Å². The number of carbonyl (C=O) groups is 1. The van der Waals surface area contributed by atoms with Crippen LogP contribution < -0.4 is 16.5 Å². The Labute approximate surface area is 174 Å². The second-order valence-corrected chi connectivity index (χ2v) is 5.56. The number of aliphatic imine (C=N–C) groups is 1. The summed E-state index contributed by atoms with van der Waals surface area (Å²) in [7, 11) is 7.43. The second kappa shape index (κ2) is 11.0. The van der Waals surface area contributed by atoms with E-state index in [2.05, 4.69) is 15.3 Å². The fourth-order valence-electron chi connectivity index (χ4n) is 2.57. The predicted molar refractivity (Wildman–Crippen MR) is 122 cm³/mol. The lowest BCUT2D eigenvalue weighted by Gasteiger charge is -2.12. The lowest BCUT2D eigenvalue weighted by Crippen LogP contribution is -2.20. The van der Waals surface area contributed by atoms with Crippen molar-refractivity contribution in [2.45, 2.75) is 34.6 Å². The van der Waals surface area contributed by atoms with Crippen LogP contribution in [0.25, 0.3) is 5.65 Å². The van der Waals surface area contributed by atoms with Gasteiger partial charge in [-0.1, -0.05) is 39.2 Å². The van der Waals surface area contributed by atoms with Crippen LogP contribution in [0.2, 0.25) is 0 Å². The van der Waals surface area contributed by atoms with Crippen molar-refractivity contribution >= 4 is 42.5 Å². The highest BCUT2D eigenvalue weighted by atomic mass is 19.1. The van der Waals surface area contributed by atoms with E-state index in [9.17, 15) is 9.18 Å². The molecule has 0 saturated carbocycles. The largest absolute Gasteiger partial charge is 0.398 e. The van der Waals surface area contributed by atoms with Gasteiger partial charge in [0.25, 0.3) is 5.91 Å². The number of aryl methyl sites for hydroxylation is 1. The Balaban J connectivity index is 0.00000159. The number of nitrogens with two attached hydrogens (primary N) is 1. The van der Waals surface area contributed by atoms with Gasteiger partial charge in [-0.2, -0.15) is 0 Å². The van der Waals surface area contributed by atoms with Crippen LogP contribution in [0.15, 0.2) is 35.6 Å². The smallest absolute Gasteiger partial charge is 0.257 e. The third kappa shape index (κ3) is 5.43. The van der Waals surface area contributed by atoms with Crippen LogP contribution in [0.1, 0.15) is 50.7 Å². The minimum atomic E-state index is -0.532. The fourth-order valence-corrected chi connectivity index (χ4v) is 2.57. The first-order chi connectivity index (χ1) is 13.9. The van der Waals surface area contributed by atoms with Crippen molar-refractivity contribution < 1.29 is 10.6 Å². The zero-order valence-electron chi connectivity index (χ0n) is 17.7. The van der Waals surface area contributed by atoms with E-state index in [1.54, 1.807) is 32.4 Å². The number of nitrogens with one attached hydrogen (secondary N) is 1. The van der Waals surface area contributed by atoms with Crippen LogP contribution in [0.4, 0.5) is 15.8 Å². The molecule has 2 radical (unpaired) electrons. The lowest BCUT2D eigenvalue weighted by atomic mass is 9.88. The zero-order valence-corrected chi connectivity index (χ0v) is 17.7. The van der Waals surface area contributed by atoms with Crippen LogP contribution in [0.3, 0.4) is 0 Å². The molecule has 1 amide bonds.